The minimum atomic E-state index is -0.313. The second-order valence-corrected chi connectivity index (χ2v) is 9.68. The summed E-state index contributed by atoms with van der Waals surface area (Å²) < 4.78 is 11.1. The van der Waals surface area contributed by atoms with Crippen molar-refractivity contribution in [1.29, 1.82) is 0 Å². The van der Waals surface area contributed by atoms with E-state index in [0.29, 0.717) is 13.2 Å². The van der Waals surface area contributed by atoms with Crippen molar-refractivity contribution in [3.8, 4) is 5.75 Å². The predicted molar refractivity (Wildman–Crippen MR) is 128 cm³/mol. The van der Waals surface area contributed by atoms with Gasteiger partial charge in [-0.25, -0.2) is 4.79 Å². The van der Waals surface area contributed by atoms with E-state index in [1.165, 1.54) is 17.2 Å². The Balaban J connectivity index is 3.48. The van der Waals surface area contributed by atoms with Crippen molar-refractivity contribution in [3.63, 3.8) is 0 Å². The molecule has 1 aromatic carbocycles. The van der Waals surface area contributed by atoms with Gasteiger partial charge >= 0.3 is 5.97 Å². The van der Waals surface area contributed by atoms with Crippen molar-refractivity contribution in [3.05, 3.63) is 58.7 Å². The van der Waals surface area contributed by atoms with Crippen molar-refractivity contribution in [1.82, 2.24) is 0 Å². The number of hydrogen-bond donors (Lipinski definition) is 0. The lowest BCUT2D eigenvalue weighted by atomic mass is 9.78. The molecule has 3 nitrogen and oxygen atoms in total. The fourth-order valence-corrected chi connectivity index (χ4v) is 3.06. The fraction of sp³-hybridized carbons (Fsp3) is 0.519. The molecule has 0 radical (unpaired) electrons. The lowest BCUT2D eigenvalue weighted by Crippen LogP contribution is -2.19. The zero-order chi connectivity index (χ0) is 23.1. The Morgan fingerprint density at radius 2 is 1.60 bits per heavy atom. The van der Waals surface area contributed by atoms with Crippen LogP contribution in [0.1, 0.15) is 85.9 Å². The number of carbonyl (C=O) groups excluding carboxylic acids is 1. The van der Waals surface area contributed by atoms with Crippen LogP contribution in [0.2, 0.25) is 0 Å². The molecule has 1 aromatic rings. The Morgan fingerprint density at radius 3 is 2.10 bits per heavy atom. The van der Waals surface area contributed by atoms with Gasteiger partial charge in [0, 0.05) is 17.2 Å². The molecule has 3 heteroatoms. The van der Waals surface area contributed by atoms with E-state index in [4.69, 9.17) is 9.47 Å². The summed E-state index contributed by atoms with van der Waals surface area (Å²) >= 11 is 0. The highest BCUT2D eigenvalue weighted by Gasteiger charge is 2.26. The van der Waals surface area contributed by atoms with Crippen molar-refractivity contribution in [2.24, 2.45) is 0 Å². The van der Waals surface area contributed by atoms with Gasteiger partial charge in [0.15, 0.2) is 0 Å². The smallest absolute Gasteiger partial charge is 0.330 e. The van der Waals surface area contributed by atoms with Gasteiger partial charge in [0.1, 0.15) is 5.75 Å². The molecule has 0 spiro atoms. The summed E-state index contributed by atoms with van der Waals surface area (Å²) in [4.78, 5) is 11.6. The van der Waals surface area contributed by atoms with E-state index in [1.54, 1.807) is 6.92 Å². The Morgan fingerprint density at radius 1 is 0.967 bits per heavy atom. The second kappa shape index (κ2) is 10.7. The summed E-state index contributed by atoms with van der Waals surface area (Å²) in [5, 5.41) is 0. The van der Waals surface area contributed by atoms with Crippen LogP contribution in [0.5, 0.6) is 5.75 Å². The maximum atomic E-state index is 11.6. The first kappa shape index (κ1) is 25.7. The SMILES string of the molecule is CCOC(=O)/C=C(C)/C=C/C=C(/C)c1cc(C(C)(C)C)cc(C(C)(C)C)c1OCC. The molecule has 0 heterocycles. The Bertz CT molecular complexity index is 825. The Hall–Kier alpha value is -2.29. The number of carbonyl (C=O) groups is 1. The molecule has 0 aromatic heterocycles. The monoisotopic (exact) mass is 412 g/mol. The number of hydrogen-bond acceptors (Lipinski definition) is 3. The molecule has 166 valence electrons. The number of benzene rings is 1. The number of esters is 1. The number of ether oxygens (including phenoxy) is 2. The molecule has 30 heavy (non-hydrogen) atoms. The average molecular weight is 413 g/mol. The van der Waals surface area contributed by atoms with Gasteiger partial charge in [-0.1, -0.05) is 65.8 Å². The van der Waals surface area contributed by atoms with E-state index in [9.17, 15) is 4.79 Å². The molecular weight excluding hydrogens is 372 g/mol. The molecule has 0 N–H and O–H groups in total. The van der Waals surface area contributed by atoms with Gasteiger partial charge in [-0.05, 0) is 61.3 Å². The summed E-state index contributed by atoms with van der Waals surface area (Å²) in [6.45, 7) is 22.2. The molecule has 0 saturated carbocycles. The van der Waals surface area contributed by atoms with Gasteiger partial charge in [0.05, 0.1) is 13.2 Å². The quantitative estimate of drug-likeness (QED) is 0.271. The summed E-state index contributed by atoms with van der Waals surface area (Å²) in [7, 11) is 0. The van der Waals surface area contributed by atoms with Crippen LogP contribution in [0.4, 0.5) is 0 Å². The zero-order valence-corrected chi connectivity index (χ0v) is 20.6. The van der Waals surface area contributed by atoms with Crippen molar-refractivity contribution >= 4 is 11.5 Å². The first-order chi connectivity index (χ1) is 13.8. The molecule has 0 bridgehead atoms. The molecule has 0 aliphatic heterocycles. The third-order valence-electron chi connectivity index (χ3n) is 4.81. The van der Waals surface area contributed by atoms with Gasteiger partial charge in [-0.3, -0.25) is 0 Å². The van der Waals surface area contributed by atoms with Gasteiger partial charge in [0.25, 0.3) is 0 Å². The Kier molecular flexibility index (Phi) is 9.14. The molecule has 0 aliphatic rings. The van der Waals surface area contributed by atoms with Crippen LogP contribution in [0.25, 0.3) is 5.57 Å². The predicted octanol–water partition coefficient (Wildman–Crippen LogP) is 7.15. The molecule has 0 amide bonds. The topological polar surface area (TPSA) is 35.5 Å². The molecular formula is C27H40O3. The van der Waals surface area contributed by atoms with Gasteiger partial charge < -0.3 is 9.47 Å². The van der Waals surface area contributed by atoms with E-state index in [1.807, 2.05) is 26.0 Å². The molecule has 0 atom stereocenters. The van der Waals surface area contributed by atoms with Crippen molar-refractivity contribution < 1.29 is 14.3 Å². The lowest BCUT2D eigenvalue weighted by molar-refractivity contribution is -0.137. The average Bonchev–Trinajstić information content (AvgIpc) is 2.60. The van der Waals surface area contributed by atoms with Crippen molar-refractivity contribution in [2.75, 3.05) is 13.2 Å². The highest BCUT2D eigenvalue weighted by molar-refractivity contribution is 5.83. The van der Waals surface area contributed by atoms with Crippen LogP contribution in [-0.4, -0.2) is 19.2 Å². The van der Waals surface area contributed by atoms with Crippen LogP contribution in [0.3, 0.4) is 0 Å². The minimum Gasteiger partial charge on any atom is -0.493 e. The highest BCUT2D eigenvalue weighted by Crippen LogP contribution is 2.41. The lowest BCUT2D eigenvalue weighted by Gasteiger charge is -2.29. The van der Waals surface area contributed by atoms with Crippen molar-refractivity contribution in [2.45, 2.75) is 80.1 Å². The van der Waals surface area contributed by atoms with E-state index < -0.39 is 0 Å². The van der Waals surface area contributed by atoms with E-state index in [0.717, 1.165) is 22.5 Å². The molecule has 0 fully saturated rings. The second-order valence-electron chi connectivity index (χ2n) is 9.68. The van der Waals surface area contributed by atoms with E-state index in [2.05, 4.69) is 66.7 Å². The van der Waals surface area contributed by atoms with E-state index >= 15 is 0 Å². The first-order valence-corrected chi connectivity index (χ1v) is 10.8. The third-order valence-corrected chi connectivity index (χ3v) is 4.81. The summed E-state index contributed by atoms with van der Waals surface area (Å²) in [6.07, 6.45) is 7.46. The molecule has 1 rings (SSSR count). The fourth-order valence-electron chi connectivity index (χ4n) is 3.06. The third kappa shape index (κ3) is 7.51. The largest absolute Gasteiger partial charge is 0.493 e. The summed E-state index contributed by atoms with van der Waals surface area (Å²) in [6, 6.07) is 4.55. The van der Waals surface area contributed by atoms with Gasteiger partial charge in [-0.15, -0.1) is 0 Å². The summed E-state index contributed by atoms with van der Waals surface area (Å²) in [5.74, 6) is 0.644. The van der Waals surface area contributed by atoms with Crippen LogP contribution in [0, 0.1) is 0 Å². The normalized spacial score (nSPS) is 13.7. The van der Waals surface area contributed by atoms with Crippen LogP contribution in [-0.2, 0) is 20.4 Å². The van der Waals surface area contributed by atoms with Gasteiger partial charge in [-0.2, -0.15) is 0 Å². The van der Waals surface area contributed by atoms with Crippen LogP contribution >= 0.6 is 0 Å². The number of allylic oxidation sites excluding steroid dienone is 5. The highest BCUT2D eigenvalue weighted by atomic mass is 16.5. The standard InChI is InChI=1S/C27H40O3/c1-11-29-24(28)16-19(3)14-13-15-20(4)22-17-21(26(5,6)7)18-23(27(8,9)10)25(22)30-12-2/h13-18H,11-12H2,1-10H3/b14-13+,19-16+,20-15-. The Labute approximate surface area is 183 Å². The van der Waals surface area contributed by atoms with Crippen LogP contribution in [0.15, 0.2) is 42.0 Å². The minimum absolute atomic E-state index is 0.0321. The maximum absolute atomic E-state index is 11.6. The van der Waals surface area contributed by atoms with E-state index in [-0.39, 0.29) is 16.8 Å². The summed E-state index contributed by atoms with van der Waals surface area (Å²) in [5.41, 5.74) is 5.61. The number of rotatable bonds is 7. The van der Waals surface area contributed by atoms with Crippen LogP contribution < -0.4 is 4.74 Å². The molecule has 0 saturated heterocycles. The maximum Gasteiger partial charge on any atom is 0.330 e. The first-order valence-electron chi connectivity index (χ1n) is 10.8. The zero-order valence-electron chi connectivity index (χ0n) is 20.6. The molecule has 0 unspecified atom stereocenters. The van der Waals surface area contributed by atoms with Gasteiger partial charge in [0.2, 0.25) is 0 Å². The molecule has 0 aliphatic carbocycles.